The van der Waals surface area contributed by atoms with Crippen molar-refractivity contribution in [3.05, 3.63) is 88.6 Å². The summed E-state index contributed by atoms with van der Waals surface area (Å²) >= 11 is 1.60. The van der Waals surface area contributed by atoms with Gasteiger partial charge in [-0.15, -0.1) is 11.3 Å². The van der Waals surface area contributed by atoms with Crippen LogP contribution < -0.4 is 4.74 Å². The number of para-hydroxylation sites is 1. The lowest BCUT2D eigenvalue weighted by molar-refractivity contribution is 0.104. The SMILES string of the molecule is O=C(/C=C\c1cccs1)c1ccc(Oc2ccccc2)cc1. The molecule has 22 heavy (non-hydrogen) atoms. The van der Waals surface area contributed by atoms with Crippen molar-refractivity contribution in [2.75, 3.05) is 0 Å². The largest absolute Gasteiger partial charge is 0.457 e. The van der Waals surface area contributed by atoms with Gasteiger partial charge in [-0.25, -0.2) is 0 Å². The first kappa shape index (κ1) is 14.3. The number of carbonyl (C=O) groups excluding carboxylic acids is 1. The zero-order chi connectivity index (χ0) is 15.2. The molecule has 0 atom stereocenters. The van der Waals surface area contributed by atoms with Gasteiger partial charge in [-0.2, -0.15) is 0 Å². The molecule has 0 saturated heterocycles. The molecule has 2 aromatic carbocycles. The van der Waals surface area contributed by atoms with Crippen LogP contribution in [0.3, 0.4) is 0 Å². The van der Waals surface area contributed by atoms with Crippen molar-refractivity contribution in [2.24, 2.45) is 0 Å². The van der Waals surface area contributed by atoms with Crippen LogP contribution in [0.1, 0.15) is 15.2 Å². The number of ketones is 1. The number of carbonyl (C=O) groups is 1. The molecule has 0 aliphatic rings. The van der Waals surface area contributed by atoms with E-state index in [1.165, 1.54) is 0 Å². The summed E-state index contributed by atoms with van der Waals surface area (Å²) in [5.41, 5.74) is 0.646. The van der Waals surface area contributed by atoms with Gasteiger partial charge in [-0.05, 0) is 60.0 Å². The van der Waals surface area contributed by atoms with Gasteiger partial charge in [0.1, 0.15) is 11.5 Å². The molecule has 3 heteroatoms. The van der Waals surface area contributed by atoms with Crippen molar-refractivity contribution >= 4 is 23.2 Å². The molecule has 108 valence electrons. The minimum Gasteiger partial charge on any atom is -0.457 e. The van der Waals surface area contributed by atoms with Crippen LogP contribution in [0, 0.1) is 0 Å². The van der Waals surface area contributed by atoms with Crippen LogP contribution in [0.5, 0.6) is 11.5 Å². The second-order valence-electron chi connectivity index (χ2n) is 4.65. The smallest absolute Gasteiger partial charge is 0.185 e. The molecule has 0 amide bonds. The summed E-state index contributed by atoms with van der Waals surface area (Å²) < 4.78 is 5.70. The molecule has 0 aliphatic heterocycles. The lowest BCUT2D eigenvalue weighted by Gasteiger charge is -2.05. The number of hydrogen-bond donors (Lipinski definition) is 0. The fourth-order valence-corrected chi connectivity index (χ4v) is 2.57. The van der Waals surface area contributed by atoms with Crippen molar-refractivity contribution in [2.45, 2.75) is 0 Å². The topological polar surface area (TPSA) is 26.3 Å². The first-order valence-corrected chi connectivity index (χ1v) is 7.78. The van der Waals surface area contributed by atoms with Gasteiger partial charge in [-0.1, -0.05) is 24.3 Å². The first-order chi connectivity index (χ1) is 10.8. The average Bonchev–Trinajstić information content (AvgIpc) is 3.08. The van der Waals surface area contributed by atoms with Crippen LogP contribution >= 0.6 is 11.3 Å². The Balaban J connectivity index is 1.67. The highest BCUT2D eigenvalue weighted by Gasteiger charge is 2.03. The Hall–Kier alpha value is -2.65. The van der Waals surface area contributed by atoms with E-state index in [4.69, 9.17) is 4.74 Å². The molecule has 3 aromatic rings. The fraction of sp³-hybridized carbons (Fsp3) is 0. The molecule has 0 fully saturated rings. The highest BCUT2D eigenvalue weighted by atomic mass is 32.1. The zero-order valence-corrected chi connectivity index (χ0v) is 12.6. The molecular weight excluding hydrogens is 292 g/mol. The maximum Gasteiger partial charge on any atom is 0.185 e. The van der Waals surface area contributed by atoms with E-state index < -0.39 is 0 Å². The van der Waals surface area contributed by atoms with Gasteiger partial charge in [0.15, 0.2) is 5.78 Å². The summed E-state index contributed by atoms with van der Waals surface area (Å²) in [6, 6.07) is 20.7. The number of rotatable bonds is 5. The van der Waals surface area contributed by atoms with Crippen molar-refractivity contribution in [1.29, 1.82) is 0 Å². The van der Waals surface area contributed by atoms with E-state index in [1.807, 2.05) is 53.9 Å². The first-order valence-electron chi connectivity index (χ1n) is 6.90. The normalized spacial score (nSPS) is 10.7. The average molecular weight is 306 g/mol. The summed E-state index contributed by atoms with van der Waals surface area (Å²) in [7, 11) is 0. The van der Waals surface area contributed by atoms with E-state index >= 15 is 0 Å². The Morgan fingerprint density at radius 3 is 2.27 bits per heavy atom. The van der Waals surface area contributed by atoms with Crippen LogP contribution in [0.25, 0.3) is 6.08 Å². The van der Waals surface area contributed by atoms with Crippen LogP contribution in [0.15, 0.2) is 78.2 Å². The minimum absolute atomic E-state index is 0.0142. The third-order valence-corrected chi connectivity index (χ3v) is 3.90. The second kappa shape index (κ2) is 6.87. The molecule has 0 aliphatic carbocycles. The Morgan fingerprint density at radius 2 is 1.59 bits per heavy atom. The number of benzene rings is 2. The zero-order valence-electron chi connectivity index (χ0n) is 11.8. The molecular formula is C19H14O2S. The van der Waals surface area contributed by atoms with Gasteiger partial charge in [-0.3, -0.25) is 4.79 Å². The van der Waals surface area contributed by atoms with Crippen molar-refractivity contribution < 1.29 is 9.53 Å². The monoisotopic (exact) mass is 306 g/mol. The second-order valence-corrected chi connectivity index (χ2v) is 5.63. The summed E-state index contributed by atoms with van der Waals surface area (Å²) in [6.45, 7) is 0. The number of ether oxygens (including phenoxy) is 1. The Morgan fingerprint density at radius 1 is 0.864 bits per heavy atom. The highest BCUT2D eigenvalue weighted by molar-refractivity contribution is 7.10. The predicted molar refractivity (Wildman–Crippen MR) is 90.6 cm³/mol. The van der Waals surface area contributed by atoms with Crippen molar-refractivity contribution in [3.8, 4) is 11.5 Å². The van der Waals surface area contributed by atoms with E-state index in [1.54, 1.807) is 41.7 Å². The van der Waals surface area contributed by atoms with Crippen LogP contribution in [-0.2, 0) is 0 Å². The lowest BCUT2D eigenvalue weighted by atomic mass is 10.1. The van der Waals surface area contributed by atoms with Crippen LogP contribution in [-0.4, -0.2) is 5.78 Å². The lowest BCUT2D eigenvalue weighted by Crippen LogP contribution is -1.93. The maximum atomic E-state index is 12.1. The molecule has 3 rings (SSSR count). The standard InChI is InChI=1S/C19H14O2S/c20-19(13-12-18-7-4-14-22-18)15-8-10-17(11-9-15)21-16-5-2-1-3-6-16/h1-14H/b13-12-. The Labute approximate surface area is 133 Å². The van der Waals surface area contributed by atoms with Crippen molar-refractivity contribution in [3.63, 3.8) is 0 Å². The Bertz CT molecular complexity index is 757. The minimum atomic E-state index is -0.0142. The molecule has 0 spiro atoms. The summed E-state index contributed by atoms with van der Waals surface area (Å²) in [6.07, 6.45) is 3.43. The molecule has 2 nitrogen and oxygen atoms in total. The molecule has 0 unspecified atom stereocenters. The van der Waals surface area contributed by atoms with E-state index in [0.29, 0.717) is 11.3 Å². The quantitative estimate of drug-likeness (QED) is 0.463. The summed E-state index contributed by atoms with van der Waals surface area (Å²) in [4.78, 5) is 13.2. The highest BCUT2D eigenvalue weighted by Crippen LogP contribution is 2.21. The van der Waals surface area contributed by atoms with Gasteiger partial charge in [0, 0.05) is 10.4 Å². The molecule has 0 radical (unpaired) electrons. The van der Waals surface area contributed by atoms with Gasteiger partial charge in [0.2, 0.25) is 0 Å². The summed E-state index contributed by atoms with van der Waals surface area (Å²) in [5.74, 6) is 1.48. The number of thiophene rings is 1. The summed E-state index contributed by atoms with van der Waals surface area (Å²) in [5, 5.41) is 1.99. The van der Waals surface area contributed by atoms with E-state index in [-0.39, 0.29) is 5.78 Å². The van der Waals surface area contributed by atoms with E-state index in [9.17, 15) is 4.79 Å². The molecule has 0 bridgehead atoms. The van der Waals surface area contributed by atoms with Gasteiger partial charge in [0.05, 0.1) is 0 Å². The van der Waals surface area contributed by atoms with Crippen molar-refractivity contribution in [1.82, 2.24) is 0 Å². The van der Waals surface area contributed by atoms with Crippen LogP contribution in [0.4, 0.5) is 0 Å². The van der Waals surface area contributed by atoms with Gasteiger partial charge < -0.3 is 4.74 Å². The third-order valence-electron chi connectivity index (χ3n) is 3.06. The molecule has 0 saturated carbocycles. The number of hydrogen-bond acceptors (Lipinski definition) is 3. The van der Waals surface area contributed by atoms with Gasteiger partial charge in [0.25, 0.3) is 0 Å². The Kier molecular flexibility index (Phi) is 4.47. The molecule has 1 heterocycles. The number of allylic oxidation sites excluding steroid dienone is 1. The third kappa shape index (κ3) is 3.71. The fourth-order valence-electron chi connectivity index (χ4n) is 1.95. The van der Waals surface area contributed by atoms with Gasteiger partial charge >= 0.3 is 0 Å². The molecule has 1 aromatic heterocycles. The van der Waals surface area contributed by atoms with Crippen LogP contribution in [0.2, 0.25) is 0 Å². The maximum absolute atomic E-state index is 12.1. The van der Waals surface area contributed by atoms with E-state index in [2.05, 4.69) is 0 Å². The molecule has 0 N–H and O–H groups in total. The van der Waals surface area contributed by atoms with E-state index in [0.717, 1.165) is 10.6 Å². The predicted octanol–water partition coefficient (Wildman–Crippen LogP) is 5.44.